The van der Waals surface area contributed by atoms with Gasteiger partial charge in [0.05, 0.1) is 7.29 Å². The van der Waals surface area contributed by atoms with E-state index in [1.165, 1.54) is 11.3 Å². The van der Waals surface area contributed by atoms with Gasteiger partial charge in [-0.15, -0.1) is 11.3 Å². The molecule has 1 atom stereocenters. The van der Waals surface area contributed by atoms with E-state index >= 15 is 0 Å². The third kappa shape index (κ3) is 3.45. The maximum Gasteiger partial charge on any atom is 0.224 e. The monoisotopic (exact) mass is 268 g/mol. The molecule has 1 amide bonds. The Morgan fingerprint density at radius 2 is 2.61 bits per heavy atom. The molecule has 1 aromatic rings. The molecular formula is C13H21N3OS. The van der Waals surface area contributed by atoms with E-state index in [-0.39, 0.29) is 11.8 Å². The average Bonchev–Trinajstić information content (AvgIpc) is 2.83. The third-order valence-corrected chi connectivity index (χ3v) is 3.91. The van der Waals surface area contributed by atoms with Gasteiger partial charge < -0.3 is 10.2 Å². The van der Waals surface area contributed by atoms with Gasteiger partial charge in [0.25, 0.3) is 0 Å². The van der Waals surface area contributed by atoms with Crippen molar-refractivity contribution in [3.05, 3.63) is 11.6 Å². The van der Waals surface area contributed by atoms with Gasteiger partial charge in [-0.05, 0) is 18.8 Å². The second-order valence-electron chi connectivity index (χ2n) is 5.18. The van der Waals surface area contributed by atoms with Crippen molar-refractivity contribution < 1.29 is 6.17 Å². The van der Waals surface area contributed by atoms with Crippen LogP contribution < -0.4 is 10.2 Å². The van der Waals surface area contributed by atoms with Crippen molar-refractivity contribution in [1.29, 1.82) is 0 Å². The van der Waals surface area contributed by atoms with E-state index in [4.69, 9.17) is 1.37 Å². The summed E-state index contributed by atoms with van der Waals surface area (Å²) >= 11 is 1.48. The number of amides is 1. The van der Waals surface area contributed by atoms with Gasteiger partial charge in [-0.25, -0.2) is 4.98 Å². The van der Waals surface area contributed by atoms with E-state index in [2.05, 4.69) is 29.0 Å². The van der Waals surface area contributed by atoms with Crippen LogP contribution in [0.4, 0.5) is 5.13 Å². The summed E-state index contributed by atoms with van der Waals surface area (Å²) < 4.78 is 7.48. The first-order valence-corrected chi connectivity index (χ1v) is 7.39. The molecule has 2 heterocycles. The summed E-state index contributed by atoms with van der Waals surface area (Å²) in [6, 6.07) is 0. The van der Waals surface area contributed by atoms with E-state index in [1.807, 2.05) is 0 Å². The lowest BCUT2D eigenvalue weighted by Crippen LogP contribution is -2.43. The first kappa shape index (κ1) is 12.0. The molecule has 0 radical (unpaired) electrons. The smallest absolute Gasteiger partial charge is 0.224 e. The van der Waals surface area contributed by atoms with Gasteiger partial charge in [-0.3, -0.25) is 4.79 Å². The Kier molecular flexibility index (Phi) is 4.11. The maximum atomic E-state index is 12.1. The van der Waals surface area contributed by atoms with Crippen LogP contribution in [0.2, 0.25) is 0 Å². The highest BCUT2D eigenvalue weighted by Gasteiger charge is 2.26. The SMILES string of the molecule is [2H]c1csc(N2CCCC(C(=O)NCC(C)C)C2)n1. The molecule has 0 aromatic carbocycles. The van der Waals surface area contributed by atoms with Crippen LogP contribution in [0.1, 0.15) is 28.1 Å². The number of nitrogens with zero attached hydrogens (tertiary/aromatic N) is 2. The number of carbonyl (C=O) groups excluding carboxylic acids is 1. The second kappa shape index (κ2) is 6.18. The van der Waals surface area contributed by atoms with Crippen LogP contribution in [0.25, 0.3) is 0 Å². The molecule has 0 aliphatic carbocycles. The molecule has 1 aliphatic heterocycles. The quantitative estimate of drug-likeness (QED) is 0.910. The third-order valence-electron chi connectivity index (χ3n) is 3.12. The standard InChI is InChI=1S/C13H21N3OS/c1-10(2)8-15-12(17)11-4-3-6-16(9-11)13-14-5-7-18-13/h5,7,10-11H,3-4,6,8-9H2,1-2H3,(H,15,17)/i5D. The number of aromatic nitrogens is 1. The minimum absolute atomic E-state index is 0.0468. The highest BCUT2D eigenvalue weighted by molar-refractivity contribution is 7.13. The van der Waals surface area contributed by atoms with Crippen LogP contribution in [0, 0.1) is 11.8 Å². The predicted octanol–water partition coefficient (Wildman–Crippen LogP) is 2.13. The molecule has 18 heavy (non-hydrogen) atoms. The Morgan fingerprint density at radius 1 is 1.78 bits per heavy atom. The number of hydrogen-bond donors (Lipinski definition) is 1. The summed E-state index contributed by atoms with van der Waals surface area (Å²) in [6.45, 7) is 6.58. The van der Waals surface area contributed by atoms with Crippen LogP contribution >= 0.6 is 11.3 Å². The van der Waals surface area contributed by atoms with E-state index in [0.29, 0.717) is 12.1 Å². The second-order valence-corrected chi connectivity index (χ2v) is 6.02. The molecule has 1 fully saturated rings. The molecule has 5 heteroatoms. The molecule has 0 saturated carbocycles. The molecule has 0 bridgehead atoms. The van der Waals surface area contributed by atoms with Crippen molar-refractivity contribution in [1.82, 2.24) is 10.3 Å². The van der Waals surface area contributed by atoms with Gasteiger partial charge >= 0.3 is 0 Å². The summed E-state index contributed by atoms with van der Waals surface area (Å²) in [6.07, 6.45) is 2.26. The molecule has 1 saturated heterocycles. The molecule has 100 valence electrons. The predicted molar refractivity (Wildman–Crippen MR) is 74.9 cm³/mol. The number of piperidine rings is 1. The van der Waals surface area contributed by atoms with E-state index in [9.17, 15) is 4.79 Å². The Morgan fingerprint density at radius 3 is 3.28 bits per heavy atom. The summed E-state index contributed by atoms with van der Waals surface area (Å²) in [5, 5.41) is 5.61. The summed E-state index contributed by atoms with van der Waals surface area (Å²) in [4.78, 5) is 18.4. The molecule has 1 aliphatic rings. The van der Waals surface area contributed by atoms with Crippen molar-refractivity contribution in [2.45, 2.75) is 26.7 Å². The van der Waals surface area contributed by atoms with Gasteiger partial charge in [0.15, 0.2) is 5.13 Å². The van der Waals surface area contributed by atoms with Crippen molar-refractivity contribution in [3.63, 3.8) is 0 Å². The molecular weight excluding hydrogens is 246 g/mol. The zero-order valence-electron chi connectivity index (χ0n) is 12.0. The Balaban J connectivity index is 1.91. The topological polar surface area (TPSA) is 45.2 Å². The Hall–Kier alpha value is -1.10. The first-order valence-electron chi connectivity index (χ1n) is 7.01. The first-order chi connectivity index (χ1) is 9.06. The summed E-state index contributed by atoms with van der Waals surface area (Å²) in [5.74, 6) is 0.681. The highest BCUT2D eigenvalue weighted by Crippen LogP contribution is 2.24. The molecule has 1 aromatic heterocycles. The van der Waals surface area contributed by atoms with Gasteiger partial charge in [0.1, 0.15) is 0 Å². The molecule has 4 nitrogen and oxygen atoms in total. The number of rotatable bonds is 4. The van der Waals surface area contributed by atoms with Crippen LogP contribution in [0.5, 0.6) is 0 Å². The van der Waals surface area contributed by atoms with Crippen LogP contribution in [-0.2, 0) is 4.79 Å². The average molecular weight is 268 g/mol. The molecule has 0 spiro atoms. The van der Waals surface area contributed by atoms with Crippen molar-refractivity contribution in [3.8, 4) is 0 Å². The van der Waals surface area contributed by atoms with Crippen molar-refractivity contribution >= 4 is 22.4 Å². The highest BCUT2D eigenvalue weighted by atomic mass is 32.1. The van der Waals surface area contributed by atoms with Crippen molar-refractivity contribution in [2.24, 2.45) is 11.8 Å². The number of hydrogen-bond acceptors (Lipinski definition) is 4. The van der Waals surface area contributed by atoms with Crippen LogP contribution in [0.3, 0.4) is 0 Å². The van der Waals surface area contributed by atoms with E-state index in [1.54, 1.807) is 5.38 Å². The zero-order chi connectivity index (χ0) is 13.8. The lowest BCUT2D eigenvalue weighted by Gasteiger charge is -2.31. The van der Waals surface area contributed by atoms with Gasteiger partial charge in [0, 0.05) is 31.2 Å². The number of carbonyl (C=O) groups is 1. The Bertz CT molecular complexity index is 435. The minimum atomic E-state index is 0.0468. The fourth-order valence-corrected chi connectivity index (χ4v) is 2.78. The Labute approximate surface area is 114 Å². The van der Waals surface area contributed by atoms with E-state index in [0.717, 1.165) is 37.6 Å². The van der Waals surface area contributed by atoms with Gasteiger partial charge in [-0.2, -0.15) is 0 Å². The minimum Gasteiger partial charge on any atom is -0.356 e. The number of nitrogens with one attached hydrogen (secondary N) is 1. The lowest BCUT2D eigenvalue weighted by atomic mass is 9.97. The maximum absolute atomic E-state index is 12.1. The molecule has 2 rings (SSSR count). The van der Waals surface area contributed by atoms with Crippen LogP contribution in [-0.4, -0.2) is 30.5 Å². The fraction of sp³-hybridized carbons (Fsp3) is 0.692. The summed E-state index contributed by atoms with van der Waals surface area (Å²) in [5.41, 5.74) is 0. The fourth-order valence-electron chi connectivity index (χ4n) is 2.15. The number of anilines is 1. The largest absolute Gasteiger partial charge is 0.356 e. The van der Waals surface area contributed by atoms with Crippen molar-refractivity contribution in [2.75, 3.05) is 24.5 Å². The number of thiazole rings is 1. The van der Waals surface area contributed by atoms with E-state index < -0.39 is 0 Å². The van der Waals surface area contributed by atoms with Gasteiger partial charge in [-0.1, -0.05) is 13.8 Å². The lowest BCUT2D eigenvalue weighted by molar-refractivity contribution is -0.125. The van der Waals surface area contributed by atoms with Crippen LogP contribution in [0.15, 0.2) is 11.6 Å². The normalized spacial score (nSPS) is 20.9. The molecule has 1 unspecified atom stereocenters. The summed E-state index contributed by atoms with van der Waals surface area (Å²) in [7, 11) is 0. The van der Waals surface area contributed by atoms with Gasteiger partial charge in [0.2, 0.25) is 5.91 Å². The zero-order valence-corrected chi connectivity index (χ0v) is 11.8. The molecule has 1 N–H and O–H groups in total.